The molecule has 4 aromatic rings. The molecule has 0 aliphatic rings. The van der Waals surface area contributed by atoms with Crippen molar-refractivity contribution in [1.29, 1.82) is 0 Å². The Morgan fingerprint density at radius 2 is 1.87 bits per heavy atom. The fourth-order valence-electron chi connectivity index (χ4n) is 3.20. The van der Waals surface area contributed by atoms with Crippen molar-refractivity contribution in [2.24, 2.45) is 5.73 Å². The van der Waals surface area contributed by atoms with E-state index in [1.165, 1.54) is 6.07 Å². The molecule has 0 bridgehead atoms. The van der Waals surface area contributed by atoms with E-state index >= 15 is 0 Å². The van der Waals surface area contributed by atoms with Crippen LogP contribution in [0.5, 0.6) is 0 Å². The number of alkyl halides is 3. The molecule has 152 valence electrons. The van der Waals surface area contributed by atoms with Crippen LogP contribution in [0.15, 0.2) is 59.3 Å². The van der Waals surface area contributed by atoms with Crippen molar-refractivity contribution >= 4 is 49.6 Å². The molecule has 0 saturated carbocycles. The second kappa shape index (κ2) is 7.13. The molecule has 2 N–H and O–H groups in total. The Balaban J connectivity index is 1.96. The van der Waals surface area contributed by atoms with Crippen LogP contribution in [0.2, 0.25) is 0 Å². The molecule has 4 rings (SSSR count). The summed E-state index contributed by atoms with van der Waals surface area (Å²) in [5, 5.41) is 1.16. The van der Waals surface area contributed by atoms with Crippen LogP contribution in [0.3, 0.4) is 0 Å². The van der Waals surface area contributed by atoms with E-state index in [0.29, 0.717) is 20.2 Å². The van der Waals surface area contributed by atoms with Crippen molar-refractivity contribution in [2.45, 2.75) is 6.18 Å². The highest BCUT2D eigenvalue weighted by molar-refractivity contribution is 9.10. The predicted molar refractivity (Wildman–Crippen MR) is 107 cm³/mol. The predicted octanol–water partition coefficient (Wildman–Crippen LogP) is 4.24. The zero-order valence-electron chi connectivity index (χ0n) is 14.9. The van der Waals surface area contributed by atoms with Gasteiger partial charge in [0.25, 0.3) is 5.91 Å². The Morgan fingerprint density at radius 3 is 2.57 bits per heavy atom. The quantitative estimate of drug-likeness (QED) is 0.478. The maximum absolute atomic E-state index is 12.6. The van der Waals surface area contributed by atoms with Gasteiger partial charge in [-0.25, -0.2) is 4.79 Å². The third-order valence-corrected chi connectivity index (χ3v) is 5.08. The third-order valence-electron chi connectivity index (χ3n) is 4.45. The summed E-state index contributed by atoms with van der Waals surface area (Å²) < 4.78 is 38.8. The number of carbonyl (C=O) groups is 2. The summed E-state index contributed by atoms with van der Waals surface area (Å²) in [6, 6.07) is 12.2. The Hall–Kier alpha value is -3.40. The Bertz CT molecular complexity index is 1330. The van der Waals surface area contributed by atoms with Crippen molar-refractivity contribution in [1.82, 2.24) is 9.71 Å². The molecule has 0 radical (unpaired) electrons. The number of pyridine rings is 1. The van der Waals surface area contributed by atoms with Crippen LogP contribution in [0.25, 0.3) is 32.9 Å². The number of nitrogens with zero attached hydrogens (tertiary/aromatic N) is 2. The Labute approximate surface area is 175 Å². The molecule has 0 saturated heterocycles. The summed E-state index contributed by atoms with van der Waals surface area (Å²) in [4.78, 5) is 32.1. The lowest BCUT2D eigenvalue weighted by molar-refractivity contribution is -0.199. The van der Waals surface area contributed by atoms with Gasteiger partial charge in [-0.2, -0.15) is 17.9 Å². The zero-order valence-corrected chi connectivity index (χ0v) is 16.5. The summed E-state index contributed by atoms with van der Waals surface area (Å²) in [6.45, 7) is 0. The number of amides is 1. The minimum Gasteiger partial charge on any atom is -0.366 e. The van der Waals surface area contributed by atoms with Gasteiger partial charge in [-0.1, -0.05) is 18.2 Å². The van der Waals surface area contributed by atoms with E-state index in [1.54, 1.807) is 24.4 Å². The van der Waals surface area contributed by atoms with Gasteiger partial charge >= 0.3 is 12.1 Å². The maximum atomic E-state index is 12.6. The van der Waals surface area contributed by atoms with E-state index in [0.717, 1.165) is 22.7 Å². The smallest absolute Gasteiger partial charge is 0.366 e. The second-order valence-corrected chi connectivity index (χ2v) is 7.19. The van der Waals surface area contributed by atoms with Crippen LogP contribution in [0, 0.1) is 0 Å². The minimum atomic E-state index is -5.20. The van der Waals surface area contributed by atoms with Gasteiger partial charge in [0, 0.05) is 21.4 Å². The molecule has 0 fully saturated rings. The average molecular weight is 478 g/mol. The van der Waals surface area contributed by atoms with Gasteiger partial charge in [-0.3, -0.25) is 9.78 Å². The highest BCUT2D eigenvalue weighted by Gasteiger charge is 2.42. The monoisotopic (exact) mass is 477 g/mol. The second-order valence-electron chi connectivity index (χ2n) is 6.34. The summed E-state index contributed by atoms with van der Waals surface area (Å²) in [6.07, 6.45) is -2.43. The van der Waals surface area contributed by atoms with Crippen molar-refractivity contribution < 1.29 is 27.6 Å². The molecule has 0 aliphatic heterocycles. The van der Waals surface area contributed by atoms with Gasteiger partial charge < -0.3 is 10.6 Å². The summed E-state index contributed by atoms with van der Waals surface area (Å²) in [5.41, 5.74) is 7.39. The van der Waals surface area contributed by atoms with Crippen LogP contribution in [-0.4, -0.2) is 27.8 Å². The number of carbonyl (C=O) groups excluding carboxylic acids is 2. The van der Waals surface area contributed by atoms with Crippen LogP contribution in [0.4, 0.5) is 13.2 Å². The summed E-state index contributed by atoms with van der Waals surface area (Å²) >= 11 is 3.24. The first-order valence-electron chi connectivity index (χ1n) is 8.45. The number of hydrogen-bond acceptors (Lipinski definition) is 4. The van der Waals surface area contributed by atoms with Gasteiger partial charge in [0.15, 0.2) is 0 Å². The number of benzene rings is 2. The molecule has 2 aromatic heterocycles. The fourth-order valence-corrected chi connectivity index (χ4v) is 3.69. The van der Waals surface area contributed by atoms with E-state index in [4.69, 9.17) is 5.73 Å². The number of aromatic nitrogens is 2. The molecular formula is C20H11BrF3N3O3. The Morgan fingerprint density at radius 1 is 1.10 bits per heavy atom. The van der Waals surface area contributed by atoms with Gasteiger partial charge in [-0.15, -0.1) is 0 Å². The van der Waals surface area contributed by atoms with E-state index in [1.807, 2.05) is 18.2 Å². The fraction of sp³-hybridized carbons (Fsp3) is 0.0500. The normalized spacial score (nSPS) is 11.7. The van der Waals surface area contributed by atoms with E-state index < -0.39 is 18.1 Å². The van der Waals surface area contributed by atoms with Crippen LogP contribution in [-0.2, 0) is 4.79 Å². The first-order chi connectivity index (χ1) is 14.2. The molecule has 1 amide bonds. The molecule has 10 heteroatoms. The highest BCUT2D eigenvalue weighted by Crippen LogP contribution is 2.36. The topological polar surface area (TPSA) is 87.2 Å². The third kappa shape index (κ3) is 3.39. The van der Waals surface area contributed by atoms with Crippen molar-refractivity contribution in [3.63, 3.8) is 0 Å². The lowest BCUT2D eigenvalue weighted by atomic mass is 9.97. The van der Waals surface area contributed by atoms with Crippen LogP contribution in [0.1, 0.15) is 10.4 Å². The number of fused-ring (bicyclic) bond motifs is 2. The van der Waals surface area contributed by atoms with E-state index in [9.17, 15) is 22.8 Å². The van der Waals surface area contributed by atoms with Crippen LogP contribution >= 0.6 is 15.9 Å². The molecular weight excluding hydrogens is 467 g/mol. The number of rotatable bonds is 3. The first kappa shape index (κ1) is 19.9. The lowest BCUT2D eigenvalue weighted by Gasteiger charge is -2.12. The first-order valence-corrected chi connectivity index (χ1v) is 9.24. The maximum Gasteiger partial charge on any atom is 0.493 e. The average Bonchev–Trinajstić information content (AvgIpc) is 3.01. The van der Waals surface area contributed by atoms with Gasteiger partial charge in [0.05, 0.1) is 17.3 Å². The molecule has 2 heterocycles. The SMILES string of the molecule is NC(=O)c1cc(-c2cccc3ncccc23)cc2c(Br)cn(OC(=O)C(F)(F)F)c12. The van der Waals surface area contributed by atoms with Crippen molar-refractivity contribution in [3.05, 3.63) is 64.9 Å². The molecule has 30 heavy (non-hydrogen) atoms. The van der Waals surface area contributed by atoms with E-state index in [2.05, 4.69) is 25.8 Å². The minimum absolute atomic E-state index is 0.0610. The lowest BCUT2D eigenvalue weighted by Crippen LogP contribution is -2.33. The zero-order chi connectivity index (χ0) is 21.6. The molecule has 0 unspecified atom stereocenters. The van der Waals surface area contributed by atoms with Gasteiger partial charge in [0.2, 0.25) is 0 Å². The largest absolute Gasteiger partial charge is 0.493 e. The summed E-state index contributed by atoms with van der Waals surface area (Å²) in [5.74, 6) is -3.32. The molecule has 0 atom stereocenters. The molecule has 0 aliphatic carbocycles. The van der Waals surface area contributed by atoms with Crippen molar-refractivity contribution in [2.75, 3.05) is 0 Å². The molecule has 6 nitrogen and oxygen atoms in total. The number of halogens is 4. The number of primary amides is 1. The Kier molecular flexibility index (Phi) is 4.73. The molecule has 2 aromatic carbocycles. The van der Waals surface area contributed by atoms with Crippen molar-refractivity contribution in [3.8, 4) is 11.1 Å². The number of hydrogen-bond donors (Lipinski definition) is 1. The van der Waals surface area contributed by atoms with Crippen LogP contribution < -0.4 is 10.6 Å². The standard InChI is InChI=1S/C20H11BrF3N3O3/c21-15-9-27(30-19(29)20(22,23)24)17-13(15)7-10(8-14(17)18(25)28)11-3-1-5-16-12(11)4-2-6-26-16/h1-9H,(H2,25,28). The highest BCUT2D eigenvalue weighted by atomic mass is 79.9. The number of nitrogens with two attached hydrogens (primary N) is 1. The van der Waals surface area contributed by atoms with Gasteiger partial charge in [0.1, 0.15) is 5.52 Å². The van der Waals surface area contributed by atoms with Gasteiger partial charge in [-0.05, 0) is 51.3 Å². The molecule has 0 spiro atoms. The summed E-state index contributed by atoms with van der Waals surface area (Å²) in [7, 11) is 0. The van der Waals surface area contributed by atoms with E-state index in [-0.39, 0.29) is 11.1 Å².